The quantitative estimate of drug-likeness (QED) is 0.237. The number of carbonyl (C=O) groups excluding carboxylic acids is 1. The van der Waals surface area contributed by atoms with Gasteiger partial charge in [0.25, 0.3) is 0 Å². The van der Waals surface area contributed by atoms with Crippen LogP contribution in [-0.4, -0.2) is 35.9 Å². The molecule has 0 spiro atoms. The first-order valence-electron chi connectivity index (χ1n) is 3.58. The predicted octanol–water partition coefficient (Wildman–Crippen LogP) is -1.27. The van der Waals surface area contributed by atoms with Crippen molar-refractivity contribution in [1.82, 2.24) is 5.09 Å². The highest BCUT2D eigenvalue weighted by Gasteiger charge is 2.43. The predicted molar refractivity (Wildman–Crippen MR) is 46.1 cm³/mol. The van der Waals surface area contributed by atoms with Crippen molar-refractivity contribution in [2.24, 2.45) is 5.73 Å². The van der Waals surface area contributed by atoms with Crippen LogP contribution in [0.25, 0.3) is 0 Å². The minimum Gasteiger partial charge on any atom is -0.395 e. The van der Waals surface area contributed by atoms with Crippen LogP contribution in [-0.2, 0) is 13.8 Å². The van der Waals surface area contributed by atoms with Gasteiger partial charge in [-0.05, 0) is 6.92 Å². The van der Waals surface area contributed by atoms with Crippen LogP contribution in [0.3, 0.4) is 0 Å². The maximum atomic E-state index is 9.99. The molecule has 2 atom stereocenters. The molecule has 0 bridgehead atoms. The molecule has 8 heteroatoms. The smallest absolute Gasteiger partial charge is 0.395 e. The van der Waals surface area contributed by atoms with Crippen LogP contribution in [0.15, 0.2) is 0 Å². The Morgan fingerprint density at radius 2 is 2.38 bits per heavy atom. The summed E-state index contributed by atoms with van der Waals surface area (Å²) in [7, 11) is -3.45. The third-order valence-electron chi connectivity index (χ3n) is 0.918. The fourth-order valence-corrected chi connectivity index (χ4v) is 1.72. The Balaban J connectivity index is 4.06. The number of hydrogen-bond acceptors (Lipinski definition) is 7. The summed E-state index contributed by atoms with van der Waals surface area (Å²) in [4.78, 5) is 19.4. The van der Waals surface area contributed by atoms with Crippen molar-refractivity contribution < 1.29 is 23.8 Å². The fourth-order valence-electron chi connectivity index (χ4n) is 0.574. The molecular formula is C5H14N2O5P+. The molecule has 0 aromatic carbocycles. The van der Waals surface area contributed by atoms with Gasteiger partial charge < -0.3 is 10.8 Å². The fraction of sp³-hybridized carbons (Fsp3) is 0.800. The Bertz CT molecular complexity index is 158. The van der Waals surface area contributed by atoms with Gasteiger partial charge in [0, 0.05) is 0 Å². The van der Waals surface area contributed by atoms with Crippen LogP contribution < -0.4 is 10.8 Å². The largest absolute Gasteiger partial charge is 0.548 e. The highest BCUT2D eigenvalue weighted by Crippen LogP contribution is 2.52. The molecule has 5 N–H and O–H groups in total. The van der Waals surface area contributed by atoms with E-state index in [0.29, 0.717) is 0 Å². The molecular weight excluding hydrogens is 199 g/mol. The second-order valence-corrected chi connectivity index (χ2v) is 3.94. The first kappa shape index (κ1) is 12.7. The van der Waals surface area contributed by atoms with Crippen molar-refractivity contribution in [3.63, 3.8) is 0 Å². The van der Waals surface area contributed by atoms with E-state index in [0.717, 1.165) is 0 Å². The van der Waals surface area contributed by atoms with Gasteiger partial charge in [-0.15, -0.1) is 9.61 Å². The molecule has 0 fully saturated rings. The Kier molecular flexibility index (Phi) is 6.06. The molecule has 7 nitrogen and oxygen atoms in total. The normalized spacial score (nSPS) is 17.5. The molecule has 13 heavy (non-hydrogen) atoms. The van der Waals surface area contributed by atoms with Gasteiger partial charge in [-0.1, -0.05) is 0 Å². The van der Waals surface area contributed by atoms with Crippen molar-refractivity contribution in [1.29, 1.82) is 0 Å². The zero-order chi connectivity index (χ0) is 10.3. The molecule has 0 radical (unpaired) electrons. The minimum atomic E-state index is -3.45. The number of aliphatic hydroxyl groups is 1. The third kappa shape index (κ3) is 5.87. The van der Waals surface area contributed by atoms with Gasteiger partial charge >= 0.3 is 14.6 Å². The Hall–Kier alpha value is -0.300. The second-order valence-electron chi connectivity index (χ2n) is 2.16. The van der Waals surface area contributed by atoms with Crippen molar-refractivity contribution in [2.45, 2.75) is 13.2 Å². The highest BCUT2D eigenvalue weighted by atomic mass is 31.2. The van der Waals surface area contributed by atoms with Crippen LogP contribution >= 0.6 is 8.09 Å². The first-order valence-corrected chi connectivity index (χ1v) is 5.15. The monoisotopic (exact) mass is 213 g/mol. The molecule has 2 unspecified atom stereocenters. The van der Waals surface area contributed by atoms with Gasteiger partial charge in [0.15, 0.2) is 6.23 Å². The summed E-state index contributed by atoms with van der Waals surface area (Å²) < 4.78 is 9.05. The van der Waals surface area contributed by atoms with E-state index < -0.39 is 14.3 Å². The van der Waals surface area contributed by atoms with Crippen molar-refractivity contribution in [2.75, 3.05) is 13.2 Å². The number of aliphatic hydroxyl groups excluding tert-OH is 1. The van der Waals surface area contributed by atoms with Crippen LogP contribution in [0.2, 0.25) is 0 Å². The molecule has 0 rings (SSSR count). The zero-order valence-corrected chi connectivity index (χ0v) is 8.11. The number of rotatable bonds is 7. The Labute approximate surface area is 76.5 Å². The van der Waals surface area contributed by atoms with E-state index in [-0.39, 0.29) is 19.6 Å². The third-order valence-corrected chi connectivity index (χ3v) is 2.53. The second kappa shape index (κ2) is 6.20. The number of carbonyl (C=O) groups is 1. The zero-order valence-electron chi connectivity index (χ0n) is 7.21. The lowest BCUT2D eigenvalue weighted by Gasteiger charge is -2.15. The van der Waals surface area contributed by atoms with Crippen molar-refractivity contribution >= 4 is 14.6 Å². The van der Waals surface area contributed by atoms with Gasteiger partial charge in [-0.3, -0.25) is 4.79 Å². The van der Waals surface area contributed by atoms with Gasteiger partial charge in [0.2, 0.25) is 0 Å². The first-order chi connectivity index (χ1) is 6.04. The minimum absolute atomic E-state index is 0.0465. The van der Waals surface area contributed by atoms with Crippen molar-refractivity contribution in [3.8, 4) is 0 Å². The van der Waals surface area contributed by atoms with Crippen LogP contribution in [0.1, 0.15) is 6.92 Å². The van der Waals surface area contributed by atoms with E-state index in [9.17, 15) is 9.69 Å². The maximum absolute atomic E-state index is 9.99. The molecule has 0 heterocycles. The van der Waals surface area contributed by atoms with Crippen LogP contribution in [0, 0.1) is 0 Å². The summed E-state index contributed by atoms with van der Waals surface area (Å²) in [5, 5.41) is 10.8. The molecule has 0 aliphatic rings. The Morgan fingerprint density at radius 3 is 2.77 bits per heavy atom. The van der Waals surface area contributed by atoms with Gasteiger partial charge in [0.1, 0.15) is 0 Å². The van der Waals surface area contributed by atoms with E-state index in [1.54, 1.807) is 0 Å². The Morgan fingerprint density at radius 1 is 1.77 bits per heavy atom. The van der Waals surface area contributed by atoms with E-state index >= 15 is 0 Å². The van der Waals surface area contributed by atoms with Gasteiger partial charge in [-0.25, -0.2) is 4.52 Å². The molecule has 0 saturated carbocycles. The average molecular weight is 213 g/mol. The number of nitrogens with one attached hydrogen (secondary N) is 1. The highest BCUT2D eigenvalue weighted by molar-refractivity contribution is 7.58. The molecule has 0 saturated heterocycles. The number of hydrogen-bond donors (Lipinski definition) is 4. The van der Waals surface area contributed by atoms with Crippen LogP contribution in [0.5, 0.6) is 0 Å². The maximum Gasteiger partial charge on any atom is 0.548 e. The summed E-state index contributed by atoms with van der Waals surface area (Å²) in [6.07, 6.45) is -0.774. The molecule has 0 aliphatic heterocycles. The lowest BCUT2D eigenvalue weighted by Crippen LogP contribution is -2.29. The molecule has 0 amide bonds. The van der Waals surface area contributed by atoms with E-state index in [1.165, 1.54) is 6.92 Å². The molecule has 78 valence electrons. The van der Waals surface area contributed by atoms with Crippen LogP contribution in [0.4, 0.5) is 0 Å². The SMILES string of the molecule is CC(N)O[P+](O)(NCCO)OC=O. The van der Waals surface area contributed by atoms with Gasteiger partial charge in [0.05, 0.1) is 13.2 Å². The van der Waals surface area contributed by atoms with Crippen molar-refractivity contribution in [3.05, 3.63) is 0 Å². The molecule has 0 aromatic rings. The van der Waals surface area contributed by atoms with E-state index in [2.05, 4.69) is 9.61 Å². The molecule has 0 aliphatic carbocycles. The van der Waals surface area contributed by atoms with Gasteiger partial charge in [-0.2, -0.15) is 4.89 Å². The topological polar surface area (TPSA) is 114 Å². The standard InChI is InChI=1S/C5H14N2O5P/c1-5(6)12-13(10,11-4-9)7-2-3-8/h4-5,7-8,10H,2-3,6H2,1H3/q+1. The average Bonchev–Trinajstić information content (AvgIpc) is 2.00. The summed E-state index contributed by atoms with van der Waals surface area (Å²) in [5.41, 5.74) is 5.23. The van der Waals surface area contributed by atoms with E-state index in [4.69, 9.17) is 15.4 Å². The lowest BCUT2D eigenvalue weighted by molar-refractivity contribution is -0.122. The summed E-state index contributed by atoms with van der Waals surface area (Å²) in [5.74, 6) is 0. The molecule has 0 aromatic heterocycles. The van der Waals surface area contributed by atoms with E-state index in [1.807, 2.05) is 0 Å². The number of nitrogens with two attached hydrogens (primary N) is 1. The summed E-state index contributed by atoms with van der Waals surface area (Å²) >= 11 is 0. The lowest BCUT2D eigenvalue weighted by atomic mass is 10.7. The summed E-state index contributed by atoms with van der Waals surface area (Å²) in [6, 6.07) is 0. The summed E-state index contributed by atoms with van der Waals surface area (Å²) in [6.45, 7) is 1.36.